The summed E-state index contributed by atoms with van der Waals surface area (Å²) >= 11 is 0. The van der Waals surface area contributed by atoms with Gasteiger partial charge in [0, 0.05) is 50.5 Å². The number of rotatable bonds is 9. The Morgan fingerprint density at radius 2 is 1.68 bits per heavy atom. The predicted octanol–water partition coefficient (Wildman–Crippen LogP) is 5.21. The summed E-state index contributed by atoms with van der Waals surface area (Å²) in [6.45, 7) is 10.3. The van der Waals surface area contributed by atoms with Gasteiger partial charge < -0.3 is 15.0 Å². The van der Waals surface area contributed by atoms with E-state index in [4.69, 9.17) is 4.74 Å². The average molecular weight is 458 g/mol. The van der Waals surface area contributed by atoms with Gasteiger partial charge in [-0.05, 0) is 66.4 Å². The second-order valence-corrected chi connectivity index (χ2v) is 8.68. The average Bonchev–Trinajstić information content (AvgIpc) is 2.88. The molecule has 1 amide bonds. The summed E-state index contributed by atoms with van der Waals surface area (Å²) < 4.78 is 5.71. The van der Waals surface area contributed by atoms with Crippen molar-refractivity contribution in [3.8, 4) is 16.9 Å². The fourth-order valence-electron chi connectivity index (χ4n) is 4.43. The SMILES string of the molecule is CCCNC(=O)c1ccc(N2CCN(Cc3ccccc3-c3cccc(OCC)c3)CC2)cc1. The minimum atomic E-state index is 0.00341. The highest BCUT2D eigenvalue weighted by Crippen LogP contribution is 2.28. The maximum absolute atomic E-state index is 12.2. The zero-order valence-corrected chi connectivity index (χ0v) is 20.3. The molecule has 0 saturated carbocycles. The van der Waals surface area contributed by atoms with Crippen LogP contribution >= 0.6 is 0 Å². The van der Waals surface area contributed by atoms with Crippen LogP contribution in [0.15, 0.2) is 72.8 Å². The largest absolute Gasteiger partial charge is 0.494 e. The summed E-state index contributed by atoms with van der Waals surface area (Å²) in [5.74, 6) is 0.918. The minimum absolute atomic E-state index is 0.00341. The topological polar surface area (TPSA) is 44.8 Å². The zero-order chi connectivity index (χ0) is 23.8. The third kappa shape index (κ3) is 5.97. The van der Waals surface area contributed by atoms with Gasteiger partial charge in [0.1, 0.15) is 5.75 Å². The number of ether oxygens (including phenoxy) is 1. The molecule has 0 radical (unpaired) electrons. The molecule has 34 heavy (non-hydrogen) atoms. The van der Waals surface area contributed by atoms with Gasteiger partial charge in [0.15, 0.2) is 0 Å². The Morgan fingerprint density at radius 1 is 0.912 bits per heavy atom. The molecular formula is C29H35N3O2. The van der Waals surface area contributed by atoms with Gasteiger partial charge >= 0.3 is 0 Å². The molecule has 3 aromatic carbocycles. The summed E-state index contributed by atoms with van der Waals surface area (Å²) in [6, 6.07) is 25.0. The first-order valence-corrected chi connectivity index (χ1v) is 12.3. The van der Waals surface area contributed by atoms with E-state index >= 15 is 0 Å². The Hall–Kier alpha value is -3.31. The van der Waals surface area contributed by atoms with Gasteiger partial charge in [-0.25, -0.2) is 0 Å². The Morgan fingerprint density at radius 3 is 2.41 bits per heavy atom. The number of anilines is 1. The summed E-state index contributed by atoms with van der Waals surface area (Å²) in [7, 11) is 0. The van der Waals surface area contributed by atoms with Crippen LogP contribution in [-0.2, 0) is 6.54 Å². The number of nitrogens with zero attached hydrogens (tertiary/aromatic N) is 2. The van der Waals surface area contributed by atoms with Gasteiger partial charge in [0.25, 0.3) is 5.91 Å². The highest BCUT2D eigenvalue weighted by Gasteiger charge is 2.19. The van der Waals surface area contributed by atoms with Gasteiger partial charge in [-0.15, -0.1) is 0 Å². The van der Waals surface area contributed by atoms with Crippen LogP contribution in [-0.4, -0.2) is 50.1 Å². The molecule has 0 unspecified atom stereocenters. The lowest BCUT2D eigenvalue weighted by molar-refractivity contribution is 0.0953. The number of carbonyl (C=O) groups excluding carboxylic acids is 1. The number of amides is 1. The molecule has 1 heterocycles. The molecule has 1 fully saturated rings. The van der Waals surface area contributed by atoms with Crippen LogP contribution in [0.1, 0.15) is 36.2 Å². The number of hydrogen-bond donors (Lipinski definition) is 1. The molecule has 0 aliphatic carbocycles. The molecule has 5 nitrogen and oxygen atoms in total. The molecule has 0 bridgehead atoms. The fraction of sp³-hybridized carbons (Fsp3) is 0.345. The maximum Gasteiger partial charge on any atom is 0.251 e. The Labute approximate surface area is 203 Å². The normalized spacial score (nSPS) is 14.1. The van der Waals surface area contributed by atoms with Crippen LogP contribution in [0.3, 0.4) is 0 Å². The lowest BCUT2D eigenvalue weighted by atomic mass is 9.99. The number of piperazine rings is 1. The van der Waals surface area contributed by atoms with Gasteiger partial charge in [-0.1, -0.05) is 43.3 Å². The van der Waals surface area contributed by atoms with Crippen molar-refractivity contribution >= 4 is 11.6 Å². The maximum atomic E-state index is 12.2. The first-order chi connectivity index (χ1) is 16.7. The lowest BCUT2D eigenvalue weighted by Gasteiger charge is -2.36. The Kier molecular flexibility index (Phi) is 8.21. The van der Waals surface area contributed by atoms with Crippen molar-refractivity contribution in [3.05, 3.63) is 83.9 Å². The van der Waals surface area contributed by atoms with Crippen LogP contribution in [0, 0.1) is 0 Å². The number of carbonyl (C=O) groups is 1. The first-order valence-electron chi connectivity index (χ1n) is 12.3. The van der Waals surface area contributed by atoms with E-state index in [0.717, 1.165) is 50.5 Å². The van der Waals surface area contributed by atoms with Crippen molar-refractivity contribution in [2.45, 2.75) is 26.8 Å². The standard InChI is InChI=1S/C29H35N3O2/c1-3-16-30-29(33)23-12-14-26(15-13-23)32-19-17-31(18-20-32)22-25-8-5-6-11-28(25)24-9-7-10-27(21-24)34-4-2/h5-15,21H,3-4,16-20,22H2,1-2H3,(H,30,33). The molecule has 1 saturated heterocycles. The van der Waals surface area contributed by atoms with Gasteiger partial charge in [0.05, 0.1) is 6.61 Å². The van der Waals surface area contributed by atoms with Gasteiger partial charge in [-0.2, -0.15) is 0 Å². The quantitative estimate of drug-likeness (QED) is 0.479. The summed E-state index contributed by atoms with van der Waals surface area (Å²) in [6.07, 6.45) is 0.943. The van der Waals surface area contributed by atoms with Crippen LogP contribution < -0.4 is 15.0 Å². The number of benzene rings is 3. The summed E-state index contributed by atoms with van der Waals surface area (Å²) in [5, 5.41) is 2.94. The van der Waals surface area contributed by atoms with E-state index in [0.29, 0.717) is 13.2 Å². The van der Waals surface area contributed by atoms with Crippen molar-refractivity contribution < 1.29 is 9.53 Å². The second-order valence-electron chi connectivity index (χ2n) is 8.68. The Balaban J connectivity index is 1.37. The molecule has 178 valence electrons. The molecule has 1 aliphatic heterocycles. The predicted molar refractivity (Wildman–Crippen MR) is 140 cm³/mol. The highest BCUT2D eigenvalue weighted by atomic mass is 16.5. The molecule has 1 N–H and O–H groups in total. The van der Waals surface area contributed by atoms with Crippen LogP contribution in [0.2, 0.25) is 0 Å². The molecule has 1 aliphatic rings. The number of hydrogen-bond acceptors (Lipinski definition) is 4. The number of nitrogens with one attached hydrogen (secondary N) is 1. The third-order valence-corrected chi connectivity index (χ3v) is 6.27. The molecular weight excluding hydrogens is 422 g/mol. The first kappa shape index (κ1) is 23.8. The van der Waals surface area contributed by atoms with E-state index in [9.17, 15) is 4.79 Å². The molecule has 0 spiro atoms. The van der Waals surface area contributed by atoms with Crippen molar-refractivity contribution in [1.82, 2.24) is 10.2 Å². The molecule has 0 aromatic heterocycles. The van der Waals surface area contributed by atoms with Gasteiger partial charge in [-0.3, -0.25) is 9.69 Å². The van der Waals surface area contributed by atoms with E-state index in [2.05, 4.69) is 76.6 Å². The van der Waals surface area contributed by atoms with E-state index in [1.165, 1.54) is 22.4 Å². The van der Waals surface area contributed by atoms with Crippen molar-refractivity contribution in [2.24, 2.45) is 0 Å². The molecule has 5 heteroatoms. The van der Waals surface area contributed by atoms with Crippen molar-refractivity contribution in [2.75, 3.05) is 44.2 Å². The van der Waals surface area contributed by atoms with E-state index in [-0.39, 0.29) is 5.91 Å². The fourth-order valence-corrected chi connectivity index (χ4v) is 4.43. The van der Waals surface area contributed by atoms with Gasteiger partial charge in [0.2, 0.25) is 0 Å². The molecule has 0 atom stereocenters. The highest BCUT2D eigenvalue weighted by molar-refractivity contribution is 5.94. The van der Waals surface area contributed by atoms with E-state index in [1.807, 2.05) is 25.1 Å². The minimum Gasteiger partial charge on any atom is -0.494 e. The molecule has 3 aromatic rings. The molecule has 4 rings (SSSR count). The van der Waals surface area contributed by atoms with Crippen LogP contribution in [0.5, 0.6) is 5.75 Å². The second kappa shape index (κ2) is 11.7. The third-order valence-electron chi connectivity index (χ3n) is 6.27. The van der Waals surface area contributed by atoms with Crippen molar-refractivity contribution in [3.63, 3.8) is 0 Å². The van der Waals surface area contributed by atoms with E-state index in [1.54, 1.807) is 0 Å². The smallest absolute Gasteiger partial charge is 0.251 e. The van der Waals surface area contributed by atoms with Crippen LogP contribution in [0.25, 0.3) is 11.1 Å². The van der Waals surface area contributed by atoms with Crippen molar-refractivity contribution in [1.29, 1.82) is 0 Å². The zero-order valence-electron chi connectivity index (χ0n) is 20.3. The monoisotopic (exact) mass is 457 g/mol. The van der Waals surface area contributed by atoms with Crippen LogP contribution in [0.4, 0.5) is 5.69 Å². The Bertz CT molecular complexity index is 1070. The summed E-state index contributed by atoms with van der Waals surface area (Å²) in [5.41, 5.74) is 5.71. The summed E-state index contributed by atoms with van der Waals surface area (Å²) in [4.78, 5) is 17.1. The lowest BCUT2D eigenvalue weighted by Crippen LogP contribution is -2.46. The van der Waals surface area contributed by atoms with E-state index < -0.39 is 0 Å².